The number of carbonyl (C=O) groups is 3. The highest BCUT2D eigenvalue weighted by molar-refractivity contribution is 5.94. The third kappa shape index (κ3) is 2.31. The van der Waals surface area contributed by atoms with E-state index >= 15 is 0 Å². The van der Waals surface area contributed by atoms with Crippen molar-refractivity contribution in [3.8, 4) is 0 Å². The van der Waals surface area contributed by atoms with Crippen LogP contribution in [-0.2, 0) is 28.6 Å². The lowest BCUT2D eigenvalue weighted by Crippen LogP contribution is -2.51. The number of cyclic esters (lactones) is 1. The van der Waals surface area contributed by atoms with Crippen LogP contribution in [0.5, 0.6) is 0 Å². The van der Waals surface area contributed by atoms with Gasteiger partial charge in [0.15, 0.2) is 0 Å². The van der Waals surface area contributed by atoms with E-state index in [2.05, 4.69) is 0 Å². The van der Waals surface area contributed by atoms with Crippen molar-refractivity contribution in [1.82, 2.24) is 0 Å². The molecule has 0 bridgehead atoms. The van der Waals surface area contributed by atoms with Crippen molar-refractivity contribution < 1.29 is 33.0 Å². The van der Waals surface area contributed by atoms with Crippen LogP contribution in [0.1, 0.15) is 51.2 Å². The molecule has 3 heterocycles. The van der Waals surface area contributed by atoms with Crippen LogP contribution < -0.4 is 0 Å². The summed E-state index contributed by atoms with van der Waals surface area (Å²) < 4.78 is 22.0. The Morgan fingerprint density at radius 3 is 2.75 bits per heavy atom. The highest BCUT2D eigenvalue weighted by atomic mass is 16.6. The SMILES string of the molecule is CC(=O)O[C@H]1CC2=C3[C@@H](C1)[C@@]1(C[C@@H](c4ccoc4)OC1=O)[C@H](C)C[C@H]3OC2=O. The lowest BCUT2D eigenvalue weighted by molar-refractivity contribution is -0.158. The fourth-order valence-corrected chi connectivity index (χ4v) is 5.78. The lowest BCUT2D eigenvalue weighted by atomic mass is 9.53. The summed E-state index contributed by atoms with van der Waals surface area (Å²) in [4.78, 5) is 37.3. The first kappa shape index (κ1) is 17.5. The van der Waals surface area contributed by atoms with E-state index < -0.39 is 11.5 Å². The Hall–Kier alpha value is -2.57. The molecule has 2 fully saturated rings. The normalized spacial score (nSPS) is 39.0. The number of esters is 3. The summed E-state index contributed by atoms with van der Waals surface area (Å²) in [5.41, 5.74) is 1.58. The molecule has 1 aromatic heterocycles. The van der Waals surface area contributed by atoms with Crippen LogP contribution in [0.2, 0.25) is 0 Å². The molecular formula is C21H22O7. The molecular weight excluding hydrogens is 364 g/mol. The van der Waals surface area contributed by atoms with Gasteiger partial charge in [0, 0.05) is 36.8 Å². The molecule has 1 saturated heterocycles. The highest BCUT2D eigenvalue weighted by Crippen LogP contribution is 2.62. The van der Waals surface area contributed by atoms with Crippen molar-refractivity contribution in [2.75, 3.05) is 0 Å². The van der Waals surface area contributed by atoms with E-state index in [0.717, 1.165) is 11.1 Å². The summed E-state index contributed by atoms with van der Waals surface area (Å²) in [6.45, 7) is 3.38. The largest absolute Gasteiger partial charge is 0.472 e. The van der Waals surface area contributed by atoms with Gasteiger partial charge in [-0.3, -0.25) is 9.59 Å². The van der Waals surface area contributed by atoms with Gasteiger partial charge in [0.05, 0.1) is 17.9 Å². The minimum Gasteiger partial charge on any atom is -0.472 e. The molecule has 0 radical (unpaired) electrons. The van der Waals surface area contributed by atoms with E-state index in [1.165, 1.54) is 6.92 Å². The molecule has 0 unspecified atom stereocenters. The van der Waals surface area contributed by atoms with Crippen LogP contribution in [0, 0.1) is 17.3 Å². The van der Waals surface area contributed by atoms with Crippen LogP contribution in [-0.4, -0.2) is 30.1 Å². The number of hydrogen-bond acceptors (Lipinski definition) is 7. The number of hydrogen-bond donors (Lipinski definition) is 0. The number of furan rings is 1. The molecule has 7 heteroatoms. The number of rotatable bonds is 2. The average Bonchev–Trinajstić information content (AvgIpc) is 3.33. The Morgan fingerprint density at radius 2 is 2.04 bits per heavy atom. The molecule has 2 aliphatic heterocycles. The fourth-order valence-electron chi connectivity index (χ4n) is 5.78. The smallest absolute Gasteiger partial charge is 0.334 e. The van der Waals surface area contributed by atoms with Crippen LogP contribution in [0.15, 0.2) is 34.2 Å². The second-order valence-corrected chi connectivity index (χ2v) is 8.38. The third-order valence-corrected chi connectivity index (χ3v) is 6.97. The summed E-state index contributed by atoms with van der Waals surface area (Å²) in [5.74, 6) is -1.24. The predicted octanol–water partition coefficient (Wildman–Crippen LogP) is 2.86. The Morgan fingerprint density at radius 1 is 1.21 bits per heavy atom. The summed E-state index contributed by atoms with van der Waals surface area (Å²) >= 11 is 0. The van der Waals surface area contributed by atoms with Gasteiger partial charge in [-0.05, 0) is 30.4 Å². The summed E-state index contributed by atoms with van der Waals surface area (Å²) in [6.07, 6.45) is 4.05. The minimum absolute atomic E-state index is 0.0288. The van der Waals surface area contributed by atoms with Crippen molar-refractivity contribution in [2.24, 2.45) is 17.3 Å². The zero-order valence-electron chi connectivity index (χ0n) is 15.8. The van der Waals surface area contributed by atoms with Crippen LogP contribution in [0.25, 0.3) is 0 Å². The van der Waals surface area contributed by atoms with Gasteiger partial charge in [0.25, 0.3) is 0 Å². The second kappa shape index (κ2) is 5.96. The van der Waals surface area contributed by atoms with Crippen LogP contribution in [0.3, 0.4) is 0 Å². The van der Waals surface area contributed by atoms with Crippen LogP contribution in [0.4, 0.5) is 0 Å². The standard InChI is InChI=1S/C21H22O7/c1-10-5-16-18-14(19(23)27-16)6-13(26-11(2)22)7-15(18)21(10)8-17(28-20(21)24)12-3-4-25-9-12/h3-4,9-10,13,15-17H,5-8H2,1-2H3/t10-,13+,15-,16-,17+,21-/m1/s1. The van der Waals surface area contributed by atoms with Gasteiger partial charge in [-0.2, -0.15) is 0 Å². The highest BCUT2D eigenvalue weighted by Gasteiger charge is 2.65. The van der Waals surface area contributed by atoms with E-state index in [1.807, 2.05) is 13.0 Å². The topological polar surface area (TPSA) is 92.0 Å². The van der Waals surface area contributed by atoms with E-state index in [-0.39, 0.29) is 42.0 Å². The maximum absolute atomic E-state index is 13.3. The quantitative estimate of drug-likeness (QED) is 0.570. The van der Waals surface area contributed by atoms with Crippen molar-refractivity contribution in [3.05, 3.63) is 35.3 Å². The zero-order valence-corrected chi connectivity index (χ0v) is 15.8. The molecule has 1 aromatic rings. The molecule has 2 aliphatic carbocycles. The van der Waals surface area contributed by atoms with Gasteiger partial charge in [0.1, 0.15) is 18.3 Å². The molecule has 5 rings (SSSR count). The molecule has 4 aliphatic rings. The van der Waals surface area contributed by atoms with Gasteiger partial charge in [-0.1, -0.05) is 6.92 Å². The molecule has 28 heavy (non-hydrogen) atoms. The lowest BCUT2D eigenvalue weighted by Gasteiger charge is -2.48. The zero-order chi connectivity index (χ0) is 19.6. The van der Waals surface area contributed by atoms with Crippen molar-refractivity contribution in [3.63, 3.8) is 0 Å². The first-order chi connectivity index (χ1) is 13.4. The maximum Gasteiger partial charge on any atom is 0.334 e. The van der Waals surface area contributed by atoms with Gasteiger partial charge in [-0.15, -0.1) is 0 Å². The Bertz CT molecular complexity index is 883. The number of carbonyl (C=O) groups excluding carboxylic acids is 3. The summed E-state index contributed by atoms with van der Waals surface area (Å²) in [5, 5.41) is 0. The average molecular weight is 386 g/mol. The second-order valence-electron chi connectivity index (χ2n) is 8.38. The van der Waals surface area contributed by atoms with Crippen molar-refractivity contribution in [1.29, 1.82) is 0 Å². The Labute approximate surface area is 162 Å². The van der Waals surface area contributed by atoms with Crippen LogP contribution >= 0.6 is 0 Å². The fraction of sp³-hybridized carbons (Fsp3) is 0.571. The molecule has 1 spiro atoms. The minimum atomic E-state index is -0.758. The Kier molecular flexibility index (Phi) is 3.73. The summed E-state index contributed by atoms with van der Waals surface area (Å²) in [7, 11) is 0. The van der Waals surface area contributed by atoms with Crippen molar-refractivity contribution >= 4 is 17.9 Å². The first-order valence-corrected chi connectivity index (χ1v) is 9.74. The monoisotopic (exact) mass is 386 g/mol. The molecule has 1 saturated carbocycles. The first-order valence-electron chi connectivity index (χ1n) is 9.74. The molecule has 0 aromatic carbocycles. The number of ether oxygens (including phenoxy) is 3. The van der Waals surface area contributed by atoms with E-state index in [0.29, 0.717) is 31.3 Å². The molecule has 0 amide bonds. The molecule has 7 nitrogen and oxygen atoms in total. The van der Waals surface area contributed by atoms with Crippen molar-refractivity contribution in [2.45, 2.75) is 57.8 Å². The summed E-state index contributed by atoms with van der Waals surface area (Å²) in [6, 6.07) is 1.81. The number of fused-ring (bicyclic) bond motifs is 1. The van der Waals surface area contributed by atoms with Gasteiger partial charge < -0.3 is 18.6 Å². The third-order valence-electron chi connectivity index (χ3n) is 6.97. The van der Waals surface area contributed by atoms with Gasteiger partial charge in [0.2, 0.25) is 0 Å². The van der Waals surface area contributed by atoms with Gasteiger partial charge >= 0.3 is 17.9 Å². The molecule has 0 N–H and O–H groups in total. The maximum atomic E-state index is 13.3. The molecule has 148 valence electrons. The Balaban J connectivity index is 1.58. The van der Waals surface area contributed by atoms with E-state index in [4.69, 9.17) is 18.6 Å². The van der Waals surface area contributed by atoms with E-state index in [9.17, 15) is 14.4 Å². The predicted molar refractivity (Wildman–Crippen MR) is 93.6 cm³/mol. The van der Waals surface area contributed by atoms with Gasteiger partial charge in [-0.25, -0.2) is 4.79 Å². The van der Waals surface area contributed by atoms with E-state index in [1.54, 1.807) is 12.5 Å². The molecule has 6 atom stereocenters.